The average molecular weight is 336 g/mol. The quantitative estimate of drug-likeness (QED) is 0.862. The van der Waals surface area contributed by atoms with Crippen LogP contribution in [-0.4, -0.2) is 25.6 Å². The van der Waals surface area contributed by atoms with Gasteiger partial charge in [-0.05, 0) is 38.5 Å². The van der Waals surface area contributed by atoms with Crippen LogP contribution in [0.15, 0.2) is 36.7 Å². The number of nitrogens with zero attached hydrogens (tertiary/aromatic N) is 3. The maximum Gasteiger partial charge on any atom is 0.138 e. The summed E-state index contributed by atoms with van der Waals surface area (Å²) in [5, 5.41) is 19.3. The molecule has 0 fully saturated rings. The van der Waals surface area contributed by atoms with Crippen LogP contribution in [0.3, 0.4) is 0 Å². The molecule has 20 heavy (non-hydrogen) atoms. The molecule has 2 rings (SSSR count). The molecule has 0 saturated carbocycles. The molecule has 1 N–H and O–H groups in total. The second-order valence-electron chi connectivity index (χ2n) is 5.53. The highest BCUT2D eigenvalue weighted by Crippen LogP contribution is 2.37. The molecule has 1 aromatic rings. The van der Waals surface area contributed by atoms with Crippen LogP contribution in [0, 0.1) is 11.3 Å². The summed E-state index contributed by atoms with van der Waals surface area (Å²) in [5.74, 6) is 0. The van der Waals surface area contributed by atoms with Crippen LogP contribution in [-0.2, 0) is 0 Å². The molecule has 2 atom stereocenters. The lowest BCUT2D eigenvalue weighted by Crippen LogP contribution is -2.46. The van der Waals surface area contributed by atoms with E-state index < -0.39 is 5.60 Å². The first-order chi connectivity index (χ1) is 9.34. The standard InChI is InChI=1S/C15H18BrN3O/c1-11(15(2,3)20)18-7-8-19(16)14(18)13-6-4-5-12(9-13)10-17/h4-9,11,14,20H,1-3H3/t11-,14?/m0/s1. The molecule has 1 aliphatic rings. The Morgan fingerprint density at radius 3 is 2.70 bits per heavy atom. The van der Waals surface area contributed by atoms with Crippen LogP contribution >= 0.6 is 16.1 Å². The lowest BCUT2D eigenvalue weighted by Gasteiger charge is -2.39. The van der Waals surface area contributed by atoms with Gasteiger partial charge in [0.05, 0.1) is 39.4 Å². The summed E-state index contributed by atoms with van der Waals surface area (Å²) in [6.07, 6.45) is 3.78. The van der Waals surface area contributed by atoms with Gasteiger partial charge in [-0.2, -0.15) is 5.26 Å². The van der Waals surface area contributed by atoms with Crippen LogP contribution in [0.25, 0.3) is 0 Å². The van der Waals surface area contributed by atoms with Crippen molar-refractivity contribution in [2.45, 2.75) is 38.6 Å². The van der Waals surface area contributed by atoms with Crippen molar-refractivity contribution in [3.63, 3.8) is 0 Å². The van der Waals surface area contributed by atoms with E-state index in [0.717, 1.165) is 5.56 Å². The monoisotopic (exact) mass is 335 g/mol. The van der Waals surface area contributed by atoms with E-state index in [0.29, 0.717) is 5.56 Å². The number of rotatable bonds is 3. The summed E-state index contributed by atoms with van der Waals surface area (Å²) in [5.41, 5.74) is 0.807. The highest BCUT2D eigenvalue weighted by Gasteiger charge is 2.36. The van der Waals surface area contributed by atoms with E-state index in [1.54, 1.807) is 19.9 Å². The Balaban J connectivity index is 2.35. The van der Waals surface area contributed by atoms with Gasteiger partial charge in [-0.1, -0.05) is 12.1 Å². The van der Waals surface area contributed by atoms with Crippen LogP contribution in [0.4, 0.5) is 0 Å². The molecule has 1 heterocycles. The van der Waals surface area contributed by atoms with Gasteiger partial charge in [0.2, 0.25) is 0 Å². The van der Waals surface area contributed by atoms with Crippen molar-refractivity contribution < 1.29 is 5.11 Å². The topological polar surface area (TPSA) is 50.5 Å². The lowest BCUT2D eigenvalue weighted by atomic mass is 9.98. The Hall–Kier alpha value is -1.51. The molecule has 0 amide bonds. The van der Waals surface area contributed by atoms with Crippen molar-refractivity contribution in [2.75, 3.05) is 0 Å². The van der Waals surface area contributed by atoms with E-state index in [1.807, 2.05) is 41.4 Å². The summed E-state index contributed by atoms with van der Waals surface area (Å²) in [6, 6.07) is 9.60. The minimum absolute atomic E-state index is 0.0722. The van der Waals surface area contributed by atoms with Crippen molar-refractivity contribution >= 4 is 16.1 Å². The van der Waals surface area contributed by atoms with Gasteiger partial charge in [-0.25, -0.2) is 0 Å². The molecule has 4 nitrogen and oxygen atoms in total. The molecule has 5 heteroatoms. The maximum absolute atomic E-state index is 10.2. The molecule has 1 aromatic carbocycles. The maximum atomic E-state index is 10.2. The number of nitriles is 1. The third-order valence-corrected chi connectivity index (χ3v) is 4.31. The Morgan fingerprint density at radius 1 is 1.40 bits per heavy atom. The molecule has 106 valence electrons. The van der Waals surface area contributed by atoms with Crippen LogP contribution in [0.2, 0.25) is 0 Å². The van der Waals surface area contributed by atoms with E-state index in [1.165, 1.54) is 0 Å². The molecule has 1 aliphatic heterocycles. The smallest absolute Gasteiger partial charge is 0.138 e. The molecule has 0 aliphatic carbocycles. The number of hydrogen-bond acceptors (Lipinski definition) is 4. The fourth-order valence-corrected chi connectivity index (χ4v) is 2.77. The average Bonchev–Trinajstić information content (AvgIpc) is 2.78. The normalized spacial score (nSPS) is 20.1. The largest absolute Gasteiger partial charge is 0.388 e. The highest BCUT2D eigenvalue weighted by molar-refractivity contribution is 9.07. The van der Waals surface area contributed by atoms with E-state index in [9.17, 15) is 5.11 Å². The molecule has 0 bridgehead atoms. The fourth-order valence-electron chi connectivity index (χ4n) is 2.22. The molecule has 0 radical (unpaired) electrons. The van der Waals surface area contributed by atoms with Crippen LogP contribution in [0.5, 0.6) is 0 Å². The zero-order valence-electron chi connectivity index (χ0n) is 11.8. The van der Waals surface area contributed by atoms with E-state index >= 15 is 0 Å². The van der Waals surface area contributed by atoms with E-state index in [4.69, 9.17) is 5.26 Å². The Labute approximate surface area is 128 Å². The van der Waals surface area contributed by atoms with Gasteiger partial charge in [0.25, 0.3) is 0 Å². The van der Waals surface area contributed by atoms with Gasteiger partial charge in [-0.3, -0.25) is 3.93 Å². The van der Waals surface area contributed by atoms with Crippen molar-refractivity contribution in [3.8, 4) is 6.07 Å². The SMILES string of the molecule is C[C@H](N1C=CN(Br)C1c1cccc(C#N)c1)C(C)(C)O. The van der Waals surface area contributed by atoms with E-state index in [-0.39, 0.29) is 12.2 Å². The summed E-state index contributed by atoms with van der Waals surface area (Å²) in [7, 11) is 0. The Kier molecular flexibility index (Phi) is 4.07. The summed E-state index contributed by atoms with van der Waals surface area (Å²) < 4.78 is 1.89. The molecule has 1 unspecified atom stereocenters. The molecule has 0 aromatic heterocycles. The highest BCUT2D eigenvalue weighted by atomic mass is 79.9. The van der Waals surface area contributed by atoms with Gasteiger partial charge in [0.1, 0.15) is 6.17 Å². The second kappa shape index (κ2) is 5.47. The van der Waals surface area contributed by atoms with Crippen LogP contribution < -0.4 is 0 Å². The van der Waals surface area contributed by atoms with Gasteiger partial charge < -0.3 is 10.0 Å². The van der Waals surface area contributed by atoms with Crippen LogP contribution in [0.1, 0.15) is 38.1 Å². The van der Waals surface area contributed by atoms with Crippen molar-refractivity contribution in [1.82, 2.24) is 8.83 Å². The fraction of sp³-hybridized carbons (Fsp3) is 0.400. The van der Waals surface area contributed by atoms with Gasteiger partial charge >= 0.3 is 0 Å². The predicted octanol–water partition coefficient (Wildman–Crippen LogP) is 3.11. The molecule has 0 spiro atoms. The minimum atomic E-state index is -0.826. The lowest BCUT2D eigenvalue weighted by molar-refractivity contribution is -0.0129. The van der Waals surface area contributed by atoms with Gasteiger partial charge in [0.15, 0.2) is 0 Å². The second-order valence-corrected chi connectivity index (χ2v) is 6.35. The van der Waals surface area contributed by atoms with E-state index in [2.05, 4.69) is 27.1 Å². The number of aliphatic hydroxyl groups is 1. The number of hydrogen-bond donors (Lipinski definition) is 1. The van der Waals surface area contributed by atoms with Gasteiger partial charge in [-0.15, -0.1) is 0 Å². The summed E-state index contributed by atoms with van der Waals surface area (Å²) >= 11 is 3.50. The predicted molar refractivity (Wildman–Crippen MR) is 81.4 cm³/mol. The minimum Gasteiger partial charge on any atom is -0.388 e. The number of halogens is 1. The molecular weight excluding hydrogens is 318 g/mol. The zero-order valence-corrected chi connectivity index (χ0v) is 13.4. The van der Waals surface area contributed by atoms with Gasteiger partial charge in [0, 0.05) is 12.4 Å². The third kappa shape index (κ3) is 2.82. The van der Waals surface area contributed by atoms with Crippen molar-refractivity contribution in [2.24, 2.45) is 0 Å². The zero-order chi connectivity index (χ0) is 14.9. The van der Waals surface area contributed by atoms with Crippen molar-refractivity contribution in [3.05, 3.63) is 47.8 Å². The Morgan fingerprint density at radius 2 is 2.10 bits per heavy atom. The first-order valence-electron chi connectivity index (χ1n) is 6.47. The third-order valence-electron chi connectivity index (χ3n) is 3.68. The summed E-state index contributed by atoms with van der Waals surface area (Å²) in [4.78, 5) is 2.07. The Bertz CT molecular complexity index is 559. The number of benzene rings is 1. The summed E-state index contributed by atoms with van der Waals surface area (Å²) in [6.45, 7) is 5.58. The molecule has 0 saturated heterocycles. The first-order valence-corrected chi connectivity index (χ1v) is 7.18. The molecular formula is C15H18BrN3O. The first kappa shape index (κ1) is 14.9. The van der Waals surface area contributed by atoms with Crippen molar-refractivity contribution in [1.29, 1.82) is 5.26 Å².